The van der Waals surface area contributed by atoms with Crippen molar-refractivity contribution in [3.8, 4) is 16.3 Å². The fourth-order valence-corrected chi connectivity index (χ4v) is 4.16. The molecule has 0 unspecified atom stereocenters. The van der Waals surface area contributed by atoms with E-state index >= 15 is 0 Å². The van der Waals surface area contributed by atoms with E-state index in [-0.39, 0.29) is 5.91 Å². The number of amides is 1. The van der Waals surface area contributed by atoms with Crippen LogP contribution >= 0.6 is 11.3 Å². The second-order valence-corrected chi connectivity index (χ2v) is 7.82. The minimum Gasteiger partial charge on any atom is -0.305 e. The molecule has 1 amide bonds. The number of hydrogen-bond donors (Lipinski definition) is 1. The summed E-state index contributed by atoms with van der Waals surface area (Å²) in [6, 6.07) is 17.3. The van der Waals surface area contributed by atoms with Crippen LogP contribution in [-0.4, -0.2) is 30.5 Å². The molecule has 0 fully saturated rings. The number of carbonyl (C=O) groups is 1. The molecule has 0 spiro atoms. The quantitative estimate of drug-likeness (QED) is 0.472. The predicted octanol–water partition coefficient (Wildman–Crippen LogP) is 4.44. The first-order chi connectivity index (χ1) is 14.6. The van der Waals surface area contributed by atoms with E-state index in [9.17, 15) is 4.79 Å². The number of hydrogen-bond acceptors (Lipinski definition) is 5. The molecular formula is C22H18N6OS. The van der Waals surface area contributed by atoms with Crippen molar-refractivity contribution in [2.75, 3.05) is 5.32 Å². The van der Waals surface area contributed by atoms with Gasteiger partial charge >= 0.3 is 0 Å². The molecule has 5 rings (SSSR count). The Labute approximate surface area is 176 Å². The lowest BCUT2D eigenvalue weighted by atomic mass is 10.1. The van der Waals surface area contributed by atoms with Crippen LogP contribution in [0.4, 0.5) is 5.82 Å². The van der Waals surface area contributed by atoms with Gasteiger partial charge in [0.2, 0.25) is 0 Å². The van der Waals surface area contributed by atoms with Gasteiger partial charge in [-0.1, -0.05) is 24.3 Å². The molecule has 5 aromatic rings. The average molecular weight is 414 g/mol. The zero-order valence-electron chi connectivity index (χ0n) is 16.4. The van der Waals surface area contributed by atoms with Gasteiger partial charge in [0.05, 0.1) is 32.9 Å². The van der Waals surface area contributed by atoms with E-state index in [2.05, 4.69) is 15.5 Å². The number of carbonyl (C=O) groups excluding carboxylic acids is 1. The van der Waals surface area contributed by atoms with Crippen LogP contribution in [0.5, 0.6) is 0 Å². The highest BCUT2D eigenvalue weighted by molar-refractivity contribution is 7.13. The molecule has 8 heteroatoms. The number of aryl methyl sites for hydroxylation is 2. The first-order valence-corrected chi connectivity index (χ1v) is 10.3. The van der Waals surface area contributed by atoms with Gasteiger partial charge in [-0.3, -0.25) is 9.48 Å². The van der Waals surface area contributed by atoms with Crippen LogP contribution < -0.4 is 5.32 Å². The van der Waals surface area contributed by atoms with Crippen molar-refractivity contribution in [1.29, 1.82) is 0 Å². The maximum atomic E-state index is 13.2. The van der Waals surface area contributed by atoms with Crippen molar-refractivity contribution in [2.45, 2.75) is 6.92 Å². The van der Waals surface area contributed by atoms with Crippen molar-refractivity contribution in [3.05, 3.63) is 77.4 Å². The first-order valence-electron chi connectivity index (χ1n) is 9.41. The number of aromatic nitrogens is 5. The smallest absolute Gasteiger partial charge is 0.257 e. The molecule has 4 aromatic heterocycles. The molecule has 4 heterocycles. The molecule has 0 radical (unpaired) electrons. The Morgan fingerprint density at radius 3 is 2.67 bits per heavy atom. The van der Waals surface area contributed by atoms with Crippen LogP contribution in [0.25, 0.3) is 27.3 Å². The summed E-state index contributed by atoms with van der Waals surface area (Å²) in [5.74, 6) is 0.239. The third kappa shape index (κ3) is 3.17. The molecule has 0 aliphatic heterocycles. The summed E-state index contributed by atoms with van der Waals surface area (Å²) in [7, 11) is 1.84. The Balaban J connectivity index is 1.54. The average Bonchev–Trinajstić information content (AvgIpc) is 3.50. The normalized spacial score (nSPS) is 11.1. The van der Waals surface area contributed by atoms with E-state index in [0.717, 1.165) is 27.3 Å². The highest BCUT2D eigenvalue weighted by atomic mass is 32.1. The Bertz CT molecular complexity index is 1350. The lowest BCUT2D eigenvalue weighted by Gasteiger charge is -2.07. The summed E-state index contributed by atoms with van der Waals surface area (Å²) in [4.78, 5) is 19.0. The minimum absolute atomic E-state index is 0.241. The van der Waals surface area contributed by atoms with Crippen molar-refractivity contribution >= 4 is 34.1 Å². The molecule has 0 saturated carbocycles. The third-order valence-electron chi connectivity index (χ3n) is 4.84. The Morgan fingerprint density at radius 2 is 1.90 bits per heavy atom. The lowest BCUT2D eigenvalue weighted by molar-refractivity contribution is 0.102. The van der Waals surface area contributed by atoms with Crippen molar-refractivity contribution in [1.82, 2.24) is 24.5 Å². The van der Waals surface area contributed by atoms with Gasteiger partial charge in [-0.25, -0.2) is 9.67 Å². The molecule has 30 heavy (non-hydrogen) atoms. The highest BCUT2D eigenvalue weighted by Gasteiger charge is 2.20. The first kappa shape index (κ1) is 18.3. The zero-order valence-corrected chi connectivity index (χ0v) is 17.2. The van der Waals surface area contributed by atoms with Gasteiger partial charge < -0.3 is 5.32 Å². The number of nitrogens with zero attached hydrogens (tertiary/aromatic N) is 5. The predicted molar refractivity (Wildman–Crippen MR) is 118 cm³/mol. The molecule has 0 bridgehead atoms. The van der Waals surface area contributed by atoms with Gasteiger partial charge in [0.1, 0.15) is 0 Å². The van der Waals surface area contributed by atoms with Gasteiger partial charge in [-0.2, -0.15) is 10.2 Å². The van der Waals surface area contributed by atoms with Crippen LogP contribution in [0.15, 0.2) is 66.2 Å². The number of nitrogens with one attached hydrogen (secondary N) is 1. The molecular weight excluding hydrogens is 396 g/mol. The second-order valence-electron chi connectivity index (χ2n) is 6.88. The van der Waals surface area contributed by atoms with E-state index in [0.29, 0.717) is 17.0 Å². The summed E-state index contributed by atoms with van der Waals surface area (Å²) >= 11 is 1.58. The van der Waals surface area contributed by atoms with Gasteiger partial charge in [0.25, 0.3) is 5.91 Å². The standard InChI is InChI=1S/C22H18N6OS/c1-14-20-16(13-17(18-9-6-12-30-18)23-21(20)27(2)25-14)22(29)24-19-10-11-28(26-19)15-7-4-3-5-8-15/h3-13H,1-2H3,(H,24,26,29). The van der Waals surface area contributed by atoms with Gasteiger partial charge in [-0.15, -0.1) is 11.3 Å². The highest BCUT2D eigenvalue weighted by Crippen LogP contribution is 2.29. The van der Waals surface area contributed by atoms with Crippen molar-refractivity contribution < 1.29 is 4.79 Å². The Kier molecular flexibility index (Phi) is 4.40. The Hall–Kier alpha value is -3.78. The lowest BCUT2D eigenvalue weighted by Crippen LogP contribution is -2.14. The number of pyridine rings is 1. The molecule has 1 N–H and O–H groups in total. The van der Waals surface area contributed by atoms with Crippen molar-refractivity contribution in [3.63, 3.8) is 0 Å². The van der Waals surface area contributed by atoms with Gasteiger partial charge in [-0.05, 0) is 36.6 Å². The van der Waals surface area contributed by atoms with Crippen molar-refractivity contribution in [2.24, 2.45) is 7.05 Å². The molecule has 0 saturated heterocycles. The van der Waals surface area contributed by atoms with Crippen LogP contribution in [0, 0.1) is 6.92 Å². The minimum atomic E-state index is -0.241. The number of thiophene rings is 1. The Morgan fingerprint density at radius 1 is 1.07 bits per heavy atom. The van der Waals surface area contributed by atoms with E-state index in [1.54, 1.807) is 26.8 Å². The van der Waals surface area contributed by atoms with E-state index in [1.165, 1.54) is 0 Å². The molecule has 0 atom stereocenters. The zero-order chi connectivity index (χ0) is 20.7. The number of rotatable bonds is 4. The van der Waals surface area contributed by atoms with Gasteiger partial charge in [0, 0.05) is 19.3 Å². The number of para-hydroxylation sites is 1. The van der Waals surface area contributed by atoms with Crippen LogP contribution in [0.2, 0.25) is 0 Å². The summed E-state index contributed by atoms with van der Waals surface area (Å²) in [6.45, 7) is 1.88. The maximum absolute atomic E-state index is 13.2. The largest absolute Gasteiger partial charge is 0.305 e. The molecule has 1 aromatic carbocycles. The third-order valence-corrected chi connectivity index (χ3v) is 5.73. The SMILES string of the molecule is Cc1nn(C)c2nc(-c3cccs3)cc(C(=O)Nc3ccn(-c4ccccc4)n3)c12. The molecule has 0 aliphatic carbocycles. The summed E-state index contributed by atoms with van der Waals surface area (Å²) in [6.07, 6.45) is 1.82. The van der Waals surface area contributed by atoms with E-state index < -0.39 is 0 Å². The van der Waals surface area contributed by atoms with Gasteiger partial charge in [0.15, 0.2) is 11.5 Å². The fourth-order valence-electron chi connectivity index (χ4n) is 3.47. The summed E-state index contributed by atoms with van der Waals surface area (Å²) < 4.78 is 3.44. The second kappa shape index (κ2) is 7.23. The summed E-state index contributed by atoms with van der Waals surface area (Å²) in [5.41, 5.74) is 3.65. The maximum Gasteiger partial charge on any atom is 0.257 e. The molecule has 0 aliphatic rings. The number of anilines is 1. The van der Waals surface area contributed by atoms with Crippen LogP contribution in [0.3, 0.4) is 0 Å². The summed E-state index contributed by atoms with van der Waals surface area (Å²) in [5, 5.41) is 14.6. The van der Waals surface area contributed by atoms with E-state index in [1.807, 2.05) is 74.1 Å². The number of fused-ring (bicyclic) bond motifs is 1. The van der Waals surface area contributed by atoms with E-state index in [4.69, 9.17) is 4.98 Å². The molecule has 148 valence electrons. The molecule has 7 nitrogen and oxygen atoms in total. The van der Waals surface area contributed by atoms with Crippen LogP contribution in [0.1, 0.15) is 16.1 Å². The monoisotopic (exact) mass is 414 g/mol. The number of benzene rings is 1. The van der Waals surface area contributed by atoms with Crippen LogP contribution in [-0.2, 0) is 7.05 Å². The topological polar surface area (TPSA) is 77.6 Å². The fraction of sp³-hybridized carbons (Fsp3) is 0.0909.